The molecule has 1 aromatic rings. The highest BCUT2D eigenvalue weighted by molar-refractivity contribution is 6.45. The van der Waals surface area contributed by atoms with Crippen LogP contribution >= 0.6 is 0 Å². The molecule has 1 fully saturated rings. The van der Waals surface area contributed by atoms with Crippen molar-refractivity contribution in [3.05, 3.63) is 17.7 Å². The number of carbonyl (C=O) groups is 1. The number of nitrogens with one attached hydrogen (secondary N) is 4. The summed E-state index contributed by atoms with van der Waals surface area (Å²) >= 11 is 0. The Morgan fingerprint density at radius 2 is 1.93 bits per heavy atom. The summed E-state index contributed by atoms with van der Waals surface area (Å²) in [7, 11) is 3.58. The molecule has 0 aliphatic carbocycles. The van der Waals surface area contributed by atoms with Crippen LogP contribution in [-0.2, 0) is 4.79 Å². The third-order valence-corrected chi connectivity index (χ3v) is 5.42. The molecule has 0 unspecified atom stereocenters. The van der Waals surface area contributed by atoms with Crippen molar-refractivity contribution in [3.63, 3.8) is 0 Å². The molecular formula is C21H36N6O. The van der Waals surface area contributed by atoms with E-state index in [-0.39, 0.29) is 17.7 Å². The molecule has 7 heteroatoms. The van der Waals surface area contributed by atoms with E-state index in [4.69, 9.17) is 5.41 Å². The fraction of sp³-hybridized carbons (Fsp3) is 0.667. The van der Waals surface area contributed by atoms with Crippen molar-refractivity contribution >= 4 is 23.3 Å². The Balaban J connectivity index is 2.13. The van der Waals surface area contributed by atoms with E-state index in [0.717, 1.165) is 57.4 Å². The van der Waals surface area contributed by atoms with E-state index < -0.39 is 0 Å². The van der Waals surface area contributed by atoms with Crippen LogP contribution in [0.3, 0.4) is 0 Å². The van der Waals surface area contributed by atoms with Gasteiger partial charge in [0, 0.05) is 31.7 Å². The second kappa shape index (κ2) is 11.0. The second-order valence-corrected chi connectivity index (χ2v) is 7.53. The van der Waals surface area contributed by atoms with E-state index in [1.54, 1.807) is 19.0 Å². The molecule has 1 saturated heterocycles. The molecule has 28 heavy (non-hydrogen) atoms. The van der Waals surface area contributed by atoms with Crippen molar-refractivity contribution in [2.75, 3.05) is 37.8 Å². The standard InChI is InChI=1S/C21H36N6O/c1-5-7-15(8-6-2)25-18-10-9-17(20(23-3)26-18)19(22)21(28)27(4)16-11-13-24-14-12-16/h9-10,15-16,22,24H,5-8,11-14H2,1-4H3,(H2,23,25,26). The highest BCUT2D eigenvalue weighted by Crippen LogP contribution is 2.21. The van der Waals surface area contributed by atoms with Gasteiger partial charge in [-0.1, -0.05) is 26.7 Å². The van der Waals surface area contributed by atoms with Gasteiger partial charge in [0.2, 0.25) is 0 Å². The van der Waals surface area contributed by atoms with Crippen molar-refractivity contribution < 1.29 is 4.79 Å². The number of likely N-dealkylation sites (N-methyl/N-ethyl adjacent to an activating group) is 1. The summed E-state index contributed by atoms with van der Waals surface area (Å²) in [5.41, 5.74) is 0.532. The van der Waals surface area contributed by atoms with Crippen LogP contribution in [0, 0.1) is 5.41 Å². The first-order valence-corrected chi connectivity index (χ1v) is 10.5. The lowest BCUT2D eigenvalue weighted by atomic mass is 10.0. The average molecular weight is 389 g/mol. The van der Waals surface area contributed by atoms with Crippen LogP contribution in [0.1, 0.15) is 57.9 Å². The SMILES string of the molecule is CCCC(CCC)Nc1ccc(C(=N)C(=O)N(C)C2CCNCC2)c(NC)n1. The largest absolute Gasteiger partial charge is 0.373 e. The monoisotopic (exact) mass is 388 g/mol. The first-order chi connectivity index (χ1) is 13.5. The molecule has 0 radical (unpaired) electrons. The van der Waals surface area contributed by atoms with Crippen molar-refractivity contribution in [1.82, 2.24) is 15.2 Å². The van der Waals surface area contributed by atoms with Gasteiger partial charge in [-0.15, -0.1) is 0 Å². The third kappa shape index (κ3) is 5.67. The first-order valence-electron chi connectivity index (χ1n) is 10.5. The van der Waals surface area contributed by atoms with Gasteiger partial charge in [0.25, 0.3) is 5.91 Å². The van der Waals surface area contributed by atoms with Gasteiger partial charge < -0.3 is 20.9 Å². The molecule has 1 amide bonds. The van der Waals surface area contributed by atoms with E-state index in [9.17, 15) is 4.79 Å². The molecule has 1 aliphatic heterocycles. The zero-order chi connectivity index (χ0) is 20.5. The summed E-state index contributed by atoms with van der Waals surface area (Å²) in [6, 6.07) is 4.28. The van der Waals surface area contributed by atoms with Gasteiger partial charge in [-0.3, -0.25) is 10.2 Å². The number of anilines is 2. The minimum atomic E-state index is -0.249. The molecule has 156 valence electrons. The predicted molar refractivity (Wildman–Crippen MR) is 117 cm³/mol. The van der Waals surface area contributed by atoms with Crippen LogP contribution in [0.5, 0.6) is 0 Å². The maximum Gasteiger partial charge on any atom is 0.272 e. The van der Waals surface area contributed by atoms with Crippen molar-refractivity contribution in [2.45, 2.75) is 64.5 Å². The van der Waals surface area contributed by atoms with Crippen molar-refractivity contribution in [2.24, 2.45) is 0 Å². The smallest absolute Gasteiger partial charge is 0.272 e. The number of aromatic nitrogens is 1. The van der Waals surface area contributed by atoms with Crippen molar-refractivity contribution in [1.29, 1.82) is 5.41 Å². The van der Waals surface area contributed by atoms with Gasteiger partial charge in [0.1, 0.15) is 17.3 Å². The Labute approximate surface area is 169 Å². The Morgan fingerprint density at radius 1 is 1.29 bits per heavy atom. The summed E-state index contributed by atoms with van der Waals surface area (Å²) in [6.45, 7) is 6.20. The van der Waals surface area contributed by atoms with Crippen LogP contribution < -0.4 is 16.0 Å². The Hall–Kier alpha value is -2.15. The molecule has 2 heterocycles. The number of hydrogen-bond acceptors (Lipinski definition) is 6. The molecule has 4 N–H and O–H groups in total. The van der Waals surface area contributed by atoms with Gasteiger partial charge in [-0.05, 0) is 50.9 Å². The number of carbonyl (C=O) groups excluding carboxylic acids is 1. The zero-order valence-electron chi connectivity index (χ0n) is 17.8. The summed E-state index contributed by atoms with van der Waals surface area (Å²) in [5, 5.41) is 18.3. The molecule has 1 aliphatic rings. The van der Waals surface area contributed by atoms with Crippen molar-refractivity contribution in [3.8, 4) is 0 Å². The van der Waals surface area contributed by atoms with Gasteiger partial charge in [0.15, 0.2) is 0 Å². The molecule has 7 nitrogen and oxygen atoms in total. The van der Waals surface area contributed by atoms with Gasteiger partial charge in [-0.2, -0.15) is 0 Å². The molecule has 0 aromatic carbocycles. The maximum absolute atomic E-state index is 12.9. The summed E-state index contributed by atoms with van der Waals surface area (Å²) in [6.07, 6.45) is 6.29. The van der Waals surface area contributed by atoms with Crippen LogP contribution in [0.25, 0.3) is 0 Å². The second-order valence-electron chi connectivity index (χ2n) is 7.53. The molecule has 2 rings (SSSR count). The number of piperidine rings is 1. The fourth-order valence-corrected chi connectivity index (χ4v) is 3.78. The predicted octanol–water partition coefficient (Wildman–Crippen LogP) is 3.08. The zero-order valence-corrected chi connectivity index (χ0v) is 17.8. The van der Waals surface area contributed by atoms with Gasteiger partial charge in [0.05, 0.1) is 0 Å². The number of rotatable bonds is 10. The molecule has 1 aromatic heterocycles. The lowest BCUT2D eigenvalue weighted by Crippen LogP contribution is -2.46. The quantitative estimate of drug-likeness (QED) is 0.462. The first kappa shape index (κ1) is 22.1. The number of hydrogen-bond donors (Lipinski definition) is 4. The Morgan fingerprint density at radius 3 is 2.50 bits per heavy atom. The molecule has 0 spiro atoms. The van der Waals surface area contributed by atoms with Gasteiger partial charge in [-0.25, -0.2) is 4.98 Å². The minimum absolute atomic E-state index is 0.0110. The van der Waals surface area contributed by atoms with Crippen LogP contribution in [0.4, 0.5) is 11.6 Å². The topological polar surface area (TPSA) is 93.1 Å². The number of nitrogens with zero attached hydrogens (tertiary/aromatic N) is 2. The number of pyridine rings is 1. The molecule has 0 saturated carbocycles. The lowest BCUT2D eigenvalue weighted by molar-refractivity contribution is -0.125. The fourth-order valence-electron chi connectivity index (χ4n) is 3.78. The van der Waals surface area contributed by atoms with E-state index >= 15 is 0 Å². The highest BCUT2D eigenvalue weighted by Gasteiger charge is 2.26. The van der Waals surface area contributed by atoms with Crippen LogP contribution in [-0.4, -0.2) is 60.8 Å². The van der Waals surface area contributed by atoms with E-state index in [1.807, 2.05) is 12.1 Å². The summed E-state index contributed by atoms with van der Waals surface area (Å²) < 4.78 is 0. The Bertz CT molecular complexity index is 650. The van der Waals surface area contributed by atoms with Crippen LogP contribution in [0.2, 0.25) is 0 Å². The average Bonchev–Trinajstić information content (AvgIpc) is 2.73. The van der Waals surface area contributed by atoms with E-state index in [2.05, 4.69) is 34.8 Å². The normalized spacial score (nSPS) is 14.8. The van der Waals surface area contributed by atoms with E-state index in [0.29, 0.717) is 17.4 Å². The third-order valence-electron chi connectivity index (χ3n) is 5.42. The minimum Gasteiger partial charge on any atom is -0.373 e. The molecular weight excluding hydrogens is 352 g/mol. The Kier molecular flexibility index (Phi) is 8.70. The van der Waals surface area contributed by atoms with Crippen LogP contribution in [0.15, 0.2) is 12.1 Å². The molecule has 0 bridgehead atoms. The molecule has 0 atom stereocenters. The van der Waals surface area contributed by atoms with E-state index in [1.165, 1.54) is 0 Å². The summed E-state index contributed by atoms with van der Waals surface area (Å²) in [4.78, 5) is 19.2. The lowest BCUT2D eigenvalue weighted by Gasteiger charge is -2.31. The maximum atomic E-state index is 12.9. The number of amides is 1. The summed E-state index contributed by atoms with van der Waals surface area (Å²) in [5.74, 6) is 1.10. The van der Waals surface area contributed by atoms with Gasteiger partial charge >= 0.3 is 0 Å². The highest BCUT2D eigenvalue weighted by atomic mass is 16.2.